The fourth-order valence-electron chi connectivity index (χ4n) is 4.93. The maximum absolute atomic E-state index is 13.7. The van der Waals surface area contributed by atoms with Crippen LogP contribution in [0.15, 0.2) is 5.11 Å². The Bertz CT molecular complexity index is 996. The Kier molecular flexibility index (Phi) is 16.3. The van der Waals surface area contributed by atoms with Crippen LogP contribution < -0.4 is 16.8 Å². The number of carbonyl (C=O) groups excluding carboxylic acids is 4. The Morgan fingerprint density at radius 2 is 1.59 bits per heavy atom. The normalized spacial score (nSPS) is 22.6. The van der Waals surface area contributed by atoms with Gasteiger partial charge in [-0.15, -0.1) is 0 Å². The number of amides is 4. The average molecular weight is 631 g/mol. The van der Waals surface area contributed by atoms with Crippen molar-refractivity contribution in [2.45, 2.75) is 75.6 Å². The number of nitrogens with one attached hydrogen (secondary N) is 1. The van der Waals surface area contributed by atoms with E-state index in [4.69, 9.17) is 35.9 Å². The van der Waals surface area contributed by atoms with Crippen LogP contribution in [0.3, 0.4) is 0 Å². The van der Waals surface area contributed by atoms with E-state index in [0.29, 0.717) is 45.9 Å². The highest BCUT2D eigenvalue weighted by Gasteiger charge is 2.47. The minimum absolute atomic E-state index is 0.0505. The lowest BCUT2D eigenvalue weighted by atomic mass is 10.1. The van der Waals surface area contributed by atoms with Gasteiger partial charge in [0.1, 0.15) is 24.2 Å². The molecule has 2 heterocycles. The number of ether oxygens (including phenoxy) is 4. The summed E-state index contributed by atoms with van der Waals surface area (Å²) < 4.78 is 22.0. The molecule has 0 spiro atoms. The second-order valence-corrected chi connectivity index (χ2v) is 10.6. The Morgan fingerprint density at radius 1 is 0.977 bits per heavy atom. The Hall–Kier alpha value is -3.09. The number of primary amides is 1. The number of aliphatic hydroxyl groups is 2. The molecule has 0 bridgehead atoms. The van der Waals surface area contributed by atoms with Crippen LogP contribution in [-0.2, 0) is 38.1 Å². The summed E-state index contributed by atoms with van der Waals surface area (Å²) in [7, 11) is 0. The lowest BCUT2D eigenvalue weighted by molar-refractivity contribution is -0.148. The fraction of sp³-hybridized carbons (Fsp3) is 0.846. The number of nitrogens with two attached hydrogens (primary N) is 2. The van der Waals surface area contributed by atoms with Gasteiger partial charge in [-0.1, -0.05) is 5.11 Å². The van der Waals surface area contributed by atoms with E-state index >= 15 is 0 Å². The number of azide groups is 1. The number of hydrogen-bond acceptors (Lipinski definition) is 12. The maximum atomic E-state index is 13.7. The smallest absolute Gasteiger partial charge is 0.246 e. The molecule has 7 atom stereocenters. The zero-order chi connectivity index (χ0) is 32.6. The molecule has 0 aliphatic carbocycles. The van der Waals surface area contributed by atoms with Crippen LogP contribution in [0.5, 0.6) is 0 Å². The molecule has 4 amide bonds. The van der Waals surface area contributed by atoms with Crippen molar-refractivity contribution >= 4 is 23.6 Å². The first-order valence-electron chi connectivity index (χ1n) is 14.7. The summed E-state index contributed by atoms with van der Waals surface area (Å²) in [6.45, 7) is 5.35. The summed E-state index contributed by atoms with van der Waals surface area (Å²) in [6.07, 6.45) is -1.94. The standard InChI is InChI=1S/C26H46N8O10/c1-16(35)21(27)26(40)34-15-18(44-13-12-43-11-10-42-9-8-41-7-5-30-32-29)14-20(34)25(39)33-6-3-4-19(33)24(38)31-22(17(2)36)23(28)37/h16-22,35-36H,3-15,27H2,1-2H3,(H2,28,37)(H,31,38)/t16-,17-,18-,19+,20+,21+,22+/m1/s1. The van der Waals surface area contributed by atoms with Gasteiger partial charge in [-0.05, 0) is 32.2 Å². The minimum Gasteiger partial charge on any atom is -0.391 e. The zero-order valence-corrected chi connectivity index (χ0v) is 25.3. The third-order valence-corrected chi connectivity index (χ3v) is 7.29. The number of aliphatic hydroxyl groups excluding tert-OH is 2. The van der Waals surface area contributed by atoms with E-state index in [2.05, 4.69) is 15.3 Å². The fourth-order valence-corrected chi connectivity index (χ4v) is 4.93. The number of hydrogen-bond donors (Lipinski definition) is 5. The first-order chi connectivity index (χ1) is 21.0. The molecule has 2 rings (SSSR count). The highest BCUT2D eigenvalue weighted by molar-refractivity contribution is 5.95. The van der Waals surface area contributed by atoms with Crippen molar-refractivity contribution in [3.63, 3.8) is 0 Å². The van der Waals surface area contributed by atoms with E-state index < -0.39 is 66.1 Å². The summed E-state index contributed by atoms with van der Waals surface area (Å²) >= 11 is 0. The SMILES string of the molecule is C[C@@H](O)[C@H](N)C(=O)N1C[C@H](OCCOCCOCCOCCN=[N+]=[N-])C[C@H]1C(=O)N1CCC[C@H]1C(=O)N[C@H](C(N)=O)[C@@H](C)O. The van der Waals surface area contributed by atoms with E-state index in [0.717, 1.165) is 0 Å². The van der Waals surface area contributed by atoms with Crippen LogP contribution in [0.4, 0.5) is 0 Å². The highest BCUT2D eigenvalue weighted by Crippen LogP contribution is 2.27. The van der Waals surface area contributed by atoms with Crippen LogP contribution in [-0.4, -0.2) is 152 Å². The van der Waals surface area contributed by atoms with Crippen molar-refractivity contribution in [1.29, 1.82) is 0 Å². The van der Waals surface area contributed by atoms with Gasteiger partial charge >= 0.3 is 0 Å². The van der Waals surface area contributed by atoms with Crippen LogP contribution >= 0.6 is 0 Å². The predicted molar refractivity (Wildman–Crippen MR) is 154 cm³/mol. The third kappa shape index (κ3) is 11.4. The van der Waals surface area contributed by atoms with Gasteiger partial charge in [0.2, 0.25) is 23.6 Å². The summed E-state index contributed by atoms with van der Waals surface area (Å²) in [5, 5.41) is 25.5. The van der Waals surface area contributed by atoms with Gasteiger partial charge in [-0.25, -0.2) is 0 Å². The molecule has 0 radical (unpaired) electrons. The minimum atomic E-state index is -1.32. The second-order valence-electron chi connectivity index (χ2n) is 10.6. The van der Waals surface area contributed by atoms with Crippen molar-refractivity contribution in [2.24, 2.45) is 16.6 Å². The molecule has 0 aromatic rings. The van der Waals surface area contributed by atoms with Gasteiger partial charge in [-0.2, -0.15) is 0 Å². The Balaban J connectivity index is 1.90. The maximum Gasteiger partial charge on any atom is 0.246 e. The van der Waals surface area contributed by atoms with Crippen LogP contribution in [0.1, 0.15) is 33.1 Å². The number of nitrogens with zero attached hydrogens (tertiary/aromatic N) is 5. The summed E-state index contributed by atoms with van der Waals surface area (Å²) in [6, 6.07) is -4.50. The quantitative estimate of drug-likeness (QED) is 0.0402. The van der Waals surface area contributed by atoms with Crippen LogP contribution in [0.25, 0.3) is 10.4 Å². The van der Waals surface area contributed by atoms with Crippen LogP contribution in [0, 0.1) is 0 Å². The number of rotatable bonds is 20. The molecule has 7 N–H and O–H groups in total. The van der Waals surface area contributed by atoms with Gasteiger partial charge in [-0.3, -0.25) is 19.2 Å². The molecule has 2 fully saturated rings. The Labute approximate surface area is 255 Å². The molecule has 2 aliphatic heterocycles. The van der Waals surface area contributed by atoms with E-state index in [1.54, 1.807) is 0 Å². The first-order valence-corrected chi connectivity index (χ1v) is 14.7. The molecule has 18 heteroatoms. The number of carbonyl (C=O) groups is 4. The lowest BCUT2D eigenvalue weighted by Crippen LogP contribution is -2.58. The second kappa shape index (κ2) is 19.3. The molecule has 2 saturated heterocycles. The van der Waals surface area contributed by atoms with Crippen LogP contribution in [0.2, 0.25) is 0 Å². The van der Waals surface area contributed by atoms with Crippen molar-refractivity contribution in [2.75, 3.05) is 65.9 Å². The van der Waals surface area contributed by atoms with E-state index in [1.807, 2.05) is 0 Å². The first kappa shape index (κ1) is 37.1. The largest absolute Gasteiger partial charge is 0.391 e. The van der Waals surface area contributed by atoms with E-state index in [-0.39, 0.29) is 39.3 Å². The van der Waals surface area contributed by atoms with Gasteiger partial charge in [0.15, 0.2) is 0 Å². The Morgan fingerprint density at radius 3 is 2.16 bits per heavy atom. The molecule has 44 heavy (non-hydrogen) atoms. The molecule has 250 valence electrons. The third-order valence-electron chi connectivity index (χ3n) is 7.29. The molecule has 0 saturated carbocycles. The molecular weight excluding hydrogens is 584 g/mol. The van der Waals surface area contributed by atoms with Crippen molar-refractivity contribution < 1.29 is 48.3 Å². The molecule has 0 unspecified atom stereocenters. The van der Waals surface area contributed by atoms with E-state index in [1.165, 1.54) is 23.6 Å². The summed E-state index contributed by atoms with van der Waals surface area (Å²) in [4.78, 5) is 56.8. The molecular formula is C26H46N8O10. The highest BCUT2D eigenvalue weighted by atomic mass is 16.6. The van der Waals surface area contributed by atoms with E-state index in [9.17, 15) is 29.4 Å². The van der Waals surface area contributed by atoms with Crippen molar-refractivity contribution in [3.05, 3.63) is 10.4 Å². The molecule has 0 aromatic heterocycles. The predicted octanol–water partition coefficient (Wildman–Crippen LogP) is -2.62. The average Bonchev–Trinajstić information content (AvgIpc) is 3.64. The molecule has 0 aromatic carbocycles. The topological polar surface area (TPSA) is 265 Å². The molecule has 18 nitrogen and oxygen atoms in total. The number of likely N-dealkylation sites (tertiary alicyclic amines) is 2. The monoisotopic (exact) mass is 630 g/mol. The van der Waals surface area contributed by atoms with Gasteiger partial charge < -0.3 is 55.7 Å². The van der Waals surface area contributed by atoms with Crippen molar-refractivity contribution in [3.8, 4) is 0 Å². The summed E-state index contributed by atoms with van der Waals surface area (Å²) in [5.41, 5.74) is 19.4. The van der Waals surface area contributed by atoms with Gasteiger partial charge in [0, 0.05) is 31.0 Å². The summed E-state index contributed by atoms with van der Waals surface area (Å²) in [5.74, 6) is -2.65. The molecule has 2 aliphatic rings. The zero-order valence-electron chi connectivity index (χ0n) is 25.3. The van der Waals surface area contributed by atoms with Gasteiger partial charge in [0.05, 0.1) is 64.6 Å². The van der Waals surface area contributed by atoms with Gasteiger partial charge in [0.25, 0.3) is 0 Å². The van der Waals surface area contributed by atoms with Crippen molar-refractivity contribution in [1.82, 2.24) is 15.1 Å². The lowest BCUT2D eigenvalue weighted by Gasteiger charge is -2.32.